The lowest BCUT2D eigenvalue weighted by atomic mass is 9.98. The van der Waals surface area contributed by atoms with Crippen LogP contribution in [0.5, 0.6) is 5.75 Å². The number of ether oxygens (including phenoxy) is 1. The number of amides is 1. The van der Waals surface area contributed by atoms with Crippen LogP contribution in [0.4, 0.5) is 0 Å². The highest BCUT2D eigenvalue weighted by Crippen LogP contribution is 2.29. The summed E-state index contributed by atoms with van der Waals surface area (Å²) in [6.07, 6.45) is 1.82. The minimum atomic E-state index is -0.0720. The molecule has 3 rings (SSSR count). The van der Waals surface area contributed by atoms with Crippen LogP contribution in [-0.2, 0) is 11.3 Å². The molecule has 128 valence electrons. The normalized spacial score (nSPS) is 10.5. The lowest BCUT2D eigenvalue weighted by Crippen LogP contribution is -2.23. The number of nitrogens with zero attached hydrogens (tertiary/aromatic N) is 2. The number of nitrogens with one attached hydrogen (secondary N) is 1. The first-order valence-corrected chi connectivity index (χ1v) is 8.10. The predicted octanol–water partition coefficient (Wildman–Crippen LogP) is 3.28. The van der Waals surface area contributed by atoms with Crippen molar-refractivity contribution in [1.29, 1.82) is 0 Å². The standard InChI is InChI=1S/C20H21N3O2/c1-14-11-17(25-3)7-8-18(14)15-5-4-6-16(12-15)19-9-10-23(22-19)13-20(24)21-2/h4-12H,13H2,1-3H3,(H,21,24). The third-order valence-electron chi connectivity index (χ3n) is 4.13. The minimum absolute atomic E-state index is 0.0720. The number of rotatable bonds is 5. The SMILES string of the molecule is CNC(=O)Cn1ccc(-c2cccc(-c3ccc(OC)cc3C)c2)n1. The topological polar surface area (TPSA) is 56.2 Å². The van der Waals surface area contributed by atoms with Gasteiger partial charge >= 0.3 is 0 Å². The highest BCUT2D eigenvalue weighted by molar-refractivity contribution is 5.76. The zero-order valence-electron chi connectivity index (χ0n) is 14.6. The van der Waals surface area contributed by atoms with E-state index < -0.39 is 0 Å². The van der Waals surface area contributed by atoms with Gasteiger partial charge in [-0.25, -0.2) is 0 Å². The largest absolute Gasteiger partial charge is 0.497 e. The van der Waals surface area contributed by atoms with E-state index in [4.69, 9.17) is 4.74 Å². The number of methoxy groups -OCH3 is 1. The third-order valence-corrected chi connectivity index (χ3v) is 4.13. The van der Waals surface area contributed by atoms with Gasteiger partial charge < -0.3 is 10.1 Å². The molecular weight excluding hydrogens is 314 g/mol. The maximum atomic E-state index is 11.5. The summed E-state index contributed by atoms with van der Waals surface area (Å²) in [7, 11) is 3.29. The van der Waals surface area contributed by atoms with Crippen LogP contribution in [0.25, 0.3) is 22.4 Å². The molecule has 0 radical (unpaired) electrons. The van der Waals surface area contributed by atoms with E-state index in [1.807, 2.05) is 36.5 Å². The molecule has 5 nitrogen and oxygen atoms in total. The van der Waals surface area contributed by atoms with Gasteiger partial charge in [0.1, 0.15) is 12.3 Å². The second kappa shape index (κ2) is 7.21. The van der Waals surface area contributed by atoms with Gasteiger partial charge in [-0.2, -0.15) is 5.10 Å². The first-order chi connectivity index (χ1) is 12.1. The van der Waals surface area contributed by atoms with Gasteiger partial charge in [0.05, 0.1) is 12.8 Å². The molecule has 1 amide bonds. The summed E-state index contributed by atoms with van der Waals surface area (Å²) in [5.74, 6) is 0.780. The Morgan fingerprint density at radius 3 is 2.68 bits per heavy atom. The molecule has 0 aliphatic rings. The molecule has 1 N–H and O–H groups in total. The van der Waals surface area contributed by atoms with Crippen molar-refractivity contribution < 1.29 is 9.53 Å². The van der Waals surface area contributed by atoms with Crippen molar-refractivity contribution in [2.45, 2.75) is 13.5 Å². The summed E-state index contributed by atoms with van der Waals surface area (Å²) in [5, 5.41) is 7.09. The number of hydrogen-bond donors (Lipinski definition) is 1. The molecule has 0 spiro atoms. The van der Waals surface area contributed by atoms with Crippen LogP contribution in [0.1, 0.15) is 5.56 Å². The summed E-state index contributed by atoms with van der Waals surface area (Å²) < 4.78 is 6.92. The first kappa shape index (κ1) is 16.8. The van der Waals surface area contributed by atoms with Crippen LogP contribution in [0.15, 0.2) is 54.7 Å². The number of aromatic nitrogens is 2. The third kappa shape index (κ3) is 3.71. The van der Waals surface area contributed by atoms with Gasteiger partial charge in [-0.3, -0.25) is 9.48 Å². The molecule has 5 heteroatoms. The minimum Gasteiger partial charge on any atom is -0.497 e. The van der Waals surface area contributed by atoms with Crippen molar-refractivity contribution in [2.75, 3.05) is 14.2 Å². The second-order valence-electron chi connectivity index (χ2n) is 5.83. The monoisotopic (exact) mass is 335 g/mol. The molecule has 0 aliphatic heterocycles. The maximum Gasteiger partial charge on any atom is 0.241 e. The molecule has 1 aromatic heterocycles. The number of likely N-dealkylation sites (N-methyl/N-ethyl adjacent to an activating group) is 1. The molecule has 0 aliphatic carbocycles. The smallest absolute Gasteiger partial charge is 0.241 e. The van der Waals surface area contributed by atoms with Gasteiger partial charge in [0.25, 0.3) is 0 Å². The summed E-state index contributed by atoms with van der Waals surface area (Å²) in [5.41, 5.74) is 5.30. The van der Waals surface area contributed by atoms with Crippen LogP contribution in [0.3, 0.4) is 0 Å². The van der Waals surface area contributed by atoms with Crippen LogP contribution < -0.4 is 10.1 Å². The molecule has 0 fully saturated rings. The predicted molar refractivity (Wildman–Crippen MR) is 98.5 cm³/mol. The first-order valence-electron chi connectivity index (χ1n) is 8.10. The summed E-state index contributed by atoms with van der Waals surface area (Å²) in [6, 6.07) is 16.2. The van der Waals surface area contributed by atoms with Gasteiger partial charge in [-0.15, -0.1) is 0 Å². The molecule has 1 heterocycles. The average molecular weight is 335 g/mol. The van der Waals surface area contributed by atoms with Crippen molar-refractivity contribution in [3.05, 3.63) is 60.3 Å². The van der Waals surface area contributed by atoms with Crippen molar-refractivity contribution in [3.8, 4) is 28.1 Å². The second-order valence-corrected chi connectivity index (χ2v) is 5.83. The highest BCUT2D eigenvalue weighted by atomic mass is 16.5. The Hall–Kier alpha value is -3.08. The average Bonchev–Trinajstić information content (AvgIpc) is 3.10. The quantitative estimate of drug-likeness (QED) is 0.778. The van der Waals surface area contributed by atoms with E-state index in [1.54, 1.807) is 18.8 Å². The molecule has 0 saturated heterocycles. The number of hydrogen-bond acceptors (Lipinski definition) is 3. The fourth-order valence-corrected chi connectivity index (χ4v) is 2.76. The highest BCUT2D eigenvalue weighted by Gasteiger charge is 2.08. The van der Waals surface area contributed by atoms with Gasteiger partial charge in [-0.1, -0.05) is 24.3 Å². The van der Waals surface area contributed by atoms with E-state index in [1.165, 1.54) is 0 Å². The molecule has 0 bridgehead atoms. The van der Waals surface area contributed by atoms with Gasteiger partial charge in [-0.05, 0) is 47.9 Å². The van der Waals surface area contributed by atoms with Crippen LogP contribution in [0.2, 0.25) is 0 Å². The van der Waals surface area contributed by atoms with Crippen molar-refractivity contribution in [2.24, 2.45) is 0 Å². The summed E-state index contributed by atoms with van der Waals surface area (Å²) >= 11 is 0. The molecule has 0 saturated carbocycles. The zero-order valence-corrected chi connectivity index (χ0v) is 14.6. The summed E-state index contributed by atoms with van der Waals surface area (Å²) in [6.45, 7) is 2.29. The Morgan fingerprint density at radius 1 is 1.16 bits per heavy atom. The zero-order chi connectivity index (χ0) is 17.8. The molecular formula is C20H21N3O2. The van der Waals surface area contributed by atoms with E-state index in [0.29, 0.717) is 0 Å². The summed E-state index contributed by atoms with van der Waals surface area (Å²) in [4.78, 5) is 11.5. The number of carbonyl (C=O) groups is 1. The fourth-order valence-electron chi connectivity index (χ4n) is 2.76. The van der Waals surface area contributed by atoms with E-state index in [0.717, 1.165) is 33.7 Å². The van der Waals surface area contributed by atoms with Gasteiger partial charge in [0, 0.05) is 18.8 Å². The molecule has 0 atom stereocenters. The lowest BCUT2D eigenvalue weighted by Gasteiger charge is -2.09. The molecule has 25 heavy (non-hydrogen) atoms. The fraction of sp³-hybridized carbons (Fsp3) is 0.200. The van der Waals surface area contributed by atoms with Crippen LogP contribution >= 0.6 is 0 Å². The van der Waals surface area contributed by atoms with E-state index in [9.17, 15) is 4.79 Å². The Morgan fingerprint density at radius 2 is 1.96 bits per heavy atom. The Labute approximate surface area is 147 Å². The lowest BCUT2D eigenvalue weighted by molar-refractivity contribution is -0.121. The Balaban J connectivity index is 1.91. The van der Waals surface area contributed by atoms with Crippen molar-refractivity contribution >= 4 is 5.91 Å². The Bertz CT molecular complexity index is 899. The number of benzene rings is 2. The van der Waals surface area contributed by atoms with E-state index >= 15 is 0 Å². The van der Waals surface area contributed by atoms with E-state index in [-0.39, 0.29) is 12.5 Å². The van der Waals surface area contributed by atoms with E-state index in [2.05, 4.69) is 35.5 Å². The van der Waals surface area contributed by atoms with Crippen LogP contribution in [-0.4, -0.2) is 29.8 Å². The van der Waals surface area contributed by atoms with Gasteiger partial charge in [0.2, 0.25) is 5.91 Å². The number of aryl methyl sites for hydroxylation is 1. The Kier molecular flexibility index (Phi) is 4.84. The molecule has 3 aromatic rings. The van der Waals surface area contributed by atoms with Crippen molar-refractivity contribution in [1.82, 2.24) is 15.1 Å². The maximum absolute atomic E-state index is 11.5. The number of carbonyl (C=O) groups excluding carboxylic acids is 1. The van der Waals surface area contributed by atoms with Crippen LogP contribution in [0, 0.1) is 6.92 Å². The molecule has 2 aromatic carbocycles. The molecule has 0 unspecified atom stereocenters. The van der Waals surface area contributed by atoms with Crippen molar-refractivity contribution in [3.63, 3.8) is 0 Å². The van der Waals surface area contributed by atoms with Gasteiger partial charge in [0.15, 0.2) is 0 Å².